The number of allylic oxidation sites excluding steroid dienone is 1. The standard InChI is InChI=1S/C25H37NO4/c1-15(27)14-23(2,3)26-22(29)25(30)12-10-21-20-7-5-16-13-17(28)6-8-18(16)19(20)9-11-24(21,25)4/h13,18-21,30H,5-12,14H2,1-4H3,(H,26,29)/t18-,19+,20+,21-,24-,25-/m0/s1. The molecule has 4 rings (SSSR count). The summed E-state index contributed by atoms with van der Waals surface area (Å²) in [5, 5.41) is 14.7. The Kier molecular flexibility index (Phi) is 5.28. The SMILES string of the molecule is CC(=O)CC(C)(C)NC(=O)[C@@]1(O)CC[C@H]2[C@@H]3CCC4=CC(=O)CC[C@@H]4[C@H]3CC[C@@]21C. The summed E-state index contributed by atoms with van der Waals surface area (Å²) in [7, 11) is 0. The number of carbonyl (C=O) groups is 3. The molecular weight excluding hydrogens is 378 g/mol. The zero-order chi connectivity index (χ0) is 21.9. The van der Waals surface area contributed by atoms with Gasteiger partial charge in [-0.25, -0.2) is 0 Å². The number of rotatable bonds is 4. The molecule has 0 radical (unpaired) electrons. The first-order valence-corrected chi connectivity index (χ1v) is 11.7. The summed E-state index contributed by atoms with van der Waals surface area (Å²) < 4.78 is 0. The smallest absolute Gasteiger partial charge is 0.252 e. The molecule has 0 heterocycles. The van der Waals surface area contributed by atoms with Gasteiger partial charge >= 0.3 is 0 Å². The summed E-state index contributed by atoms with van der Waals surface area (Å²) in [5.41, 5.74) is -1.12. The van der Waals surface area contributed by atoms with Gasteiger partial charge in [-0.05, 0) is 95.5 Å². The predicted octanol–water partition coefficient (Wildman–Crippen LogP) is 3.73. The fourth-order valence-corrected chi connectivity index (χ4v) is 7.65. The van der Waals surface area contributed by atoms with Gasteiger partial charge in [0.05, 0.1) is 0 Å². The molecule has 3 fully saturated rings. The van der Waals surface area contributed by atoms with Gasteiger partial charge in [-0.15, -0.1) is 0 Å². The van der Waals surface area contributed by atoms with Crippen LogP contribution in [0.25, 0.3) is 0 Å². The van der Waals surface area contributed by atoms with Crippen LogP contribution < -0.4 is 5.32 Å². The third kappa shape index (κ3) is 3.37. The fourth-order valence-electron chi connectivity index (χ4n) is 7.65. The normalized spacial score (nSPS) is 40.7. The number of hydrogen-bond donors (Lipinski definition) is 2. The van der Waals surface area contributed by atoms with E-state index in [1.807, 2.05) is 19.9 Å². The lowest BCUT2D eigenvalue weighted by molar-refractivity contribution is -0.164. The number of hydrogen-bond acceptors (Lipinski definition) is 4. The van der Waals surface area contributed by atoms with Crippen LogP contribution in [0.4, 0.5) is 0 Å². The lowest BCUT2D eigenvalue weighted by Crippen LogP contribution is -2.62. The molecule has 166 valence electrons. The van der Waals surface area contributed by atoms with E-state index in [1.54, 1.807) is 0 Å². The van der Waals surface area contributed by atoms with Crippen molar-refractivity contribution in [2.45, 2.75) is 96.6 Å². The van der Waals surface area contributed by atoms with Crippen molar-refractivity contribution in [3.05, 3.63) is 11.6 Å². The van der Waals surface area contributed by atoms with Gasteiger partial charge in [-0.2, -0.15) is 0 Å². The van der Waals surface area contributed by atoms with Crippen LogP contribution in [0.5, 0.6) is 0 Å². The highest BCUT2D eigenvalue weighted by atomic mass is 16.3. The van der Waals surface area contributed by atoms with E-state index in [4.69, 9.17) is 0 Å². The first kappa shape index (κ1) is 21.7. The lowest BCUT2D eigenvalue weighted by Gasteiger charge is -2.55. The Balaban J connectivity index is 1.55. The average molecular weight is 416 g/mol. The van der Waals surface area contributed by atoms with Crippen LogP contribution >= 0.6 is 0 Å². The molecular formula is C25H37NO4. The van der Waals surface area contributed by atoms with Crippen molar-refractivity contribution in [2.24, 2.45) is 29.1 Å². The zero-order valence-corrected chi connectivity index (χ0v) is 18.9. The van der Waals surface area contributed by atoms with E-state index in [0.717, 1.165) is 38.5 Å². The summed E-state index contributed by atoms with van der Waals surface area (Å²) in [4.78, 5) is 36.8. The second-order valence-corrected chi connectivity index (χ2v) is 11.4. The van der Waals surface area contributed by atoms with E-state index < -0.39 is 16.6 Å². The van der Waals surface area contributed by atoms with Gasteiger partial charge in [0, 0.05) is 23.8 Å². The maximum Gasteiger partial charge on any atom is 0.252 e. The Morgan fingerprint density at radius 3 is 2.57 bits per heavy atom. The number of Topliss-reactive ketones (excluding diaryl/α,β-unsaturated/α-hetero) is 1. The Bertz CT molecular complexity index is 799. The number of nitrogens with one attached hydrogen (secondary N) is 1. The van der Waals surface area contributed by atoms with Gasteiger partial charge in [0.15, 0.2) is 5.78 Å². The molecule has 0 spiro atoms. The number of ketones is 2. The molecule has 1 amide bonds. The van der Waals surface area contributed by atoms with Crippen molar-refractivity contribution in [3.63, 3.8) is 0 Å². The molecule has 0 aromatic heterocycles. The summed E-state index contributed by atoms with van der Waals surface area (Å²) in [6.45, 7) is 7.34. The molecule has 4 aliphatic rings. The lowest BCUT2D eigenvalue weighted by atomic mass is 9.50. The molecule has 2 N–H and O–H groups in total. The predicted molar refractivity (Wildman–Crippen MR) is 115 cm³/mol. The quantitative estimate of drug-likeness (QED) is 0.733. The molecule has 5 nitrogen and oxygen atoms in total. The van der Waals surface area contributed by atoms with E-state index in [-0.39, 0.29) is 23.9 Å². The van der Waals surface area contributed by atoms with E-state index in [1.165, 1.54) is 12.5 Å². The van der Waals surface area contributed by atoms with Crippen molar-refractivity contribution in [3.8, 4) is 0 Å². The van der Waals surface area contributed by atoms with Crippen molar-refractivity contribution >= 4 is 17.5 Å². The van der Waals surface area contributed by atoms with Crippen LogP contribution in [0.2, 0.25) is 0 Å². The third-order valence-corrected chi connectivity index (χ3v) is 8.97. The van der Waals surface area contributed by atoms with Crippen LogP contribution in [0.1, 0.15) is 85.5 Å². The Morgan fingerprint density at radius 2 is 1.87 bits per heavy atom. The van der Waals surface area contributed by atoms with E-state index >= 15 is 0 Å². The van der Waals surface area contributed by atoms with E-state index in [9.17, 15) is 19.5 Å². The highest BCUT2D eigenvalue weighted by molar-refractivity contribution is 5.91. The van der Waals surface area contributed by atoms with Gasteiger partial charge < -0.3 is 10.4 Å². The monoisotopic (exact) mass is 415 g/mol. The van der Waals surface area contributed by atoms with Gasteiger partial charge in [0.25, 0.3) is 5.91 Å². The van der Waals surface area contributed by atoms with Crippen LogP contribution in [0.15, 0.2) is 11.6 Å². The molecule has 0 aromatic rings. The Hall–Kier alpha value is -1.49. The third-order valence-electron chi connectivity index (χ3n) is 8.97. The molecule has 30 heavy (non-hydrogen) atoms. The summed E-state index contributed by atoms with van der Waals surface area (Å²) >= 11 is 0. The van der Waals surface area contributed by atoms with Crippen molar-refractivity contribution in [1.29, 1.82) is 0 Å². The van der Waals surface area contributed by atoms with Crippen molar-refractivity contribution < 1.29 is 19.5 Å². The van der Waals surface area contributed by atoms with Crippen LogP contribution in [-0.2, 0) is 14.4 Å². The number of aliphatic hydroxyl groups is 1. The molecule has 0 unspecified atom stereocenters. The molecule has 6 atom stereocenters. The minimum Gasteiger partial charge on any atom is -0.379 e. The van der Waals surface area contributed by atoms with Crippen molar-refractivity contribution in [1.82, 2.24) is 5.32 Å². The highest BCUT2D eigenvalue weighted by Gasteiger charge is 2.65. The zero-order valence-electron chi connectivity index (χ0n) is 18.9. The topological polar surface area (TPSA) is 83.5 Å². The first-order chi connectivity index (χ1) is 14.0. The number of carbonyl (C=O) groups excluding carboxylic acids is 3. The minimum atomic E-state index is -1.38. The van der Waals surface area contributed by atoms with Gasteiger partial charge in [0.2, 0.25) is 0 Å². The summed E-state index contributed by atoms with van der Waals surface area (Å²) in [6.07, 6.45) is 9.08. The number of amides is 1. The minimum absolute atomic E-state index is 0.0281. The maximum absolute atomic E-state index is 13.3. The summed E-state index contributed by atoms with van der Waals surface area (Å²) in [5.74, 6) is 1.95. The molecule has 5 heteroatoms. The molecule has 0 aliphatic heterocycles. The first-order valence-electron chi connectivity index (χ1n) is 11.7. The average Bonchev–Trinajstić information content (AvgIpc) is 2.92. The van der Waals surface area contributed by atoms with Crippen LogP contribution in [0, 0.1) is 29.1 Å². The molecule has 3 saturated carbocycles. The van der Waals surface area contributed by atoms with Crippen LogP contribution in [-0.4, -0.2) is 33.7 Å². The van der Waals surface area contributed by atoms with Gasteiger partial charge in [0.1, 0.15) is 11.4 Å². The van der Waals surface area contributed by atoms with Crippen molar-refractivity contribution in [2.75, 3.05) is 0 Å². The van der Waals surface area contributed by atoms with E-state index in [2.05, 4.69) is 12.2 Å². The van der Waals surface area contributed by atoms with Gasteiger partial charge in [-0.3, -0.25) is 14.4 Å². The molecule has 0 bridgehead atoms. The van der Waals surface area contributed by atoms with E-state index in [0.29, 0.717) is 36.5 Å². The largest absolute Gasteiger partial charge is 0.379 e. The second-order valence-electron chi connectivity index (χ2n) is 11.4. The Labute approximate surface area is 180 Å². The highest BCUT2D eigenvalue weighted by Crippen LogP contribution is 2.64. The maximum atomic E-state index is 13.3. The molecule has 4 aliphatic carbocycles. The second kappa shape index (κ2) is 7.29. The van der Waals surface area contributed by atoms with Crippen LogP contribution in [0.3, 0.4) is 0 Å². The summed E-state index contributed by atoms with van der Waals surface area (Å²) in [6, 6.07) is 0. The fraction of sp³-hybridized carbons (Fsp3) is 0.800. The molecule has 0 saturated heterocycles. The van der Waals surface area contributed by atoms with Gasteiger partial charge in [-0.1, -0.05) is 12.5 Å². The molecule has 0 aromatic carbocycles. The Morgan fingerprint density at radius 1 is 1.13 bits per heavy atom. The number of fused-ring (bicyclic) bond motifs is 5.